The van der Waals surface area contributed by atoms with Crippen LogP contribution in [0.5, 0.6) is 0 Å². The SMILES string of the molecule is Cc1ccc(CNC(=O)Nc2ccc(S(=O)(=O)Nc3ccnn3-c3ccccc3)cc2)cc1. The van der Waals surface area contributed by atoms with Gasteiger partial charge >= 0.3 is 6.03 Å². The summed E-state index contributed by atoms with van der Waals surface area (Å²) in [5.41, 5.74) is 3.34. The van der Waals surface area contributed by atoms with Crippen LogP contribution < -0.4 is 15.4 Å². The Morgan fingerprint density at radius 3 is 2.30 bits per heavy atom. The summed E-state index contributed by atoms with van der Waals surface area (Å²) >= 11 is 0. The Balaban J connectivity index is 1.39. The smallest absolute Gasteiger partial charge is 0.319 e. The molecule has 0 aliphatic heterocycles. The van der Waals surface area contributed by atoms with Gasteiger partial charge in [-0.2, -0.15) is 5.10 Å². The highest BCUT2D eigenvalue weighted by Gasteiger charge is 2.17. The molecule has 0 saturated heterocycles. The lowest BCUT2D eigenvalue weighted by Gasteiger charge is -2.12. The molecule has 0 fully saturated rings. The molecule has 1 aromatic heterocycles. The van der Waals surface area contributed by atoms with E-state index in [-0.39, 0.29) is 10.9 Å². The number of carbonyl (C=O) groups is 1. The van der Waals surface area contributed by atoms with Gasteiger partial charge in [-0.15, -0.1) is 0 Å². The van der Waals surface area contributed by atoms with E-state index in [4.69, 9.17) is 0 Å². The van der Waals surface area contributed by atoms with E-state index >= 15 is 0 Å². The number of urea groups is 1. The Morgan fingerprint density at radius 1 is 0.909 bits per heavy atom. The number of anilines is 2. The molecule has 0 aliphatic rings. The van der Waals surface area contributed by atoms with E-state index in [1.807, 2.05) is 61.5 Å². The first-order valence-corrected chi connectivity index (χ1v) is 11.7. The Hall–Kier alpha value is -4.11. The Bertz CT molecular complexity index is 1330. The lowest BCUT2D eigenvalue weighted by Crippen LogP contribution is -2.28. The van der Waals surface area contributed by atoms with E-state index in [0.717, 1.165) is 16.8 Å². The highest BCUT2D eigenvalue weighted by atomic mass is 32.2. The van der Waals surface area contributed by atoms with Crippen molar-refractivity contribution in [3.8, 4) is 5.69 Å². The lowest BCUT2D eigenvalue weighted by molar-refractivity contribution is 0.251. The molecular weight excluding hydrogens is 438 g/mol. The minimum Gasteiger partial charge on any atom is -0.334 e. The average molecular weight is 462 g/mol. The van der Waals surface area contributed by atoms with Gasteiger partial charge in [0.25, 0.3) is 10.0 Å². The largest absolute Gasteiger partial charge is 0.334 e. The van der Waals surface area contributed by atoms with Gasteiger partial charge in [0.05, 0.1) is 16.8 Å². The van der Waals surface area contributed by atoms with Crippen LogP contribution in [-0.2, 0) is 16.6 Å². The Kier molecular flexibility index (Phi) is 6.41. The van der Waals surface area contributed by atoms with Crippen LogP contribution in [0.25, 0.3) is 5.69 Å². The summed E-state index contributed by atoms with van der Waals surface area (Å²) in [7, 11) is -3.85. The molecule has 0 atom stereocenters. The first-order chi connectivity index (χ1) is 15.9. The van der Waals surface area contributed by atoms with Crippen molar-refractivity contribution in [1.82, 2.24) is 15.1 Å². The van der Waals surface area contributed by atoms with Crippen LogP contribution in [0, 0.1) is 6.92 Å². The molecule has 3 N–H and O–H groups in total. The molecule has 0 aliphatic carbocycles. The maximum absolute atomic E-state index is 12.8. The first-order valence-electron chi connectivity index (χ1n) is 10.2. The summed E-state index contributed by atoms with van der Waals surface area (Å²) in [5, 5.41) is 9.66. The number of aromatic nitrogens is 2. The molecule has 4 aromatic rings. The topological polar surface area (TPSA) is 105 Å². The van der Waals surface area contributed by atoms with Crippen LogP contribution in [0.3, 0.4) is 0 Å². The summed E-state index contributed by atoms with van der Waals surface area (Å²) in [6.45, 7) is 2.39. The van der Waals surface area contributed by atoms with E-state index in [1.165, 1.54) is 35.1 Å². The Labute approximate surface area is 192 Å². The molecule has 2 amide bonds. The fourth-order valence-electron chi connectivity index (χ4n) is 3.13. The Morgan fingerprint density at radius 2 is 1.61 bits per heavy atom. The highest BCUT2D eigenvalue weighted by Crippen LogP contribution is 2.20. The van der Waals surface area contributed by atoms with Crippen molar-refractivity contribution in [3.05, 3.63) is 102 Å². The molecule has 0 unspecified atom stereocenters. The van der Waals surface area contributed by atoms with Crippen LogP contribution in [0.2, 0.25) is 0 Å². The minimum atomic E-state index is -3.85. The zero-order valence-corrected chi connectivity index (χ0v) is 18.7. The van der Waals surface area contributed by atoms with Gasteiger partial charge in [-0.25, -0.2) is 17.9 Å². The van der Waals surface area contributed by atoms with Gasteiger partial charge in [-0.3, -0.25) is 4.72 Å². The summed E-state index contributed by atoms with van der Waals surface area (Å²) in [4.78, 5) is 12.2. The summed E-state index contributed by atoms with van der Waals surface area (Å²) in [6.07, 6.45) is 1.52. The predicted molar refractivity (Wildman–Crippen MR) is 128 cm³/mol. The average Bonchev–Trinajstić information content (AvgIpc) is 3.27. The molecule has 0 saturated carbocycles. The number of amides is 2. The molecule has 0 bridgehead atoms. The molecule has 0 spiro atoms. The molecule has 9 heteroatoms. The monoisotopic (exact) mass is 461 g/mol. The van der Waals surface area contributed by atoms with E-state index in [0.29, 0.717) is 18.1 Å². The van der Waals surface area contributed by atoms with E-state index in [2.05, 4.69) is 20.5 Å². The number of carbonyl (C=O) groups excluding carboxylic acids is 1. The number of aryl methyl sites for hydroxylation is 1. The quantitative estimate of drug-likeness (QED) is 0.381. The number of nitrogens with zero attached hydrogens (tertiary/aromatic N) is 2. The third-order valence-electron chi connectivity index (χ3n) is 4.88. The number of nitrogens with one attached hydrogen (secondary N) is 3. The van der Waals surface area contributed by atoms with Crippen LogP contribution in [0.1, 0.15) is 11.1 Å². The summed E-state index contributed by atoms with van der Waals surface area (Å²) < 4.78 is 29.8. The van der Waals surface area contributed by atoms with Crippen LogP contribution >= 0.6 is 0 Å². The van der Waals surface area contributed by atoms with Gasteiger partial charge in [0.15, 0.2) is 0 Å². The van der Waals surface area contributed by atoms with E-state index in [1.54, 1.807) is 6.07 Å². The number of hydrogen-bond donors (Lipinski definition) is 3. The fraction of sp³-hybridized carbons (Fsp3) is 0.0833. The molecule has 33 heavy (non-hydrogen) atoms. The summed E-state index contributed by atoms with van der Waals surface area (Å²) in [6, 6.07) is 24.2. The van der Waals surface area contributed by atoms with Gasteiger partial charge in [-0.05, 0) is 48.9 Å². The van der Waals surface area contributed by atoms with Crippen LogP contribution in [-0.4, -0.2) is 24.2 Å². The van der Waals surface area contributed by atoms with E-state index < -0.39 is 10.0 Å². The molecular formula is C24H23N5O3S. The van der Waals surface area contributed by atoms with Crippen LogP contribution in [0.4, 0.5) is 16.3 Å². The number of sulfonamides is 1. The van der Waals surface area contributed by atoms with Crippen molar-refractivity contribution in [2.75, 3.05) is 10.0 Å². The highest BCUT2D eigenvalue weighted by molar-refractivity contribution is 7.92. The zero-order valence-electron chi connectivity index (χ0n) is 17.9. The molecule has 3 aromatic carbocycles. The van der Waals surface area contributed by atoms with Crippen molar-refractivity contribution >= 4 is 27.6 Å². The van der Waals surface area contributed by atoms with Crippen molar-refractivity contribution in [2.45, 2.75) is 18.4 Å². The van der Waals surface area contributed by atoms with E-state index in [9.17, 15) is 13.2 Å². The number of hydrogen-bond acceptors (Lipinski definition) is 4. The van der Waals surface area contributed by atoms with Gasteiger partial charge in [0.2, 0.25) is 0 Å². The fourth-order valence-corrected chi connectivity index (χ4v) is 4.18. The third-order valence-corrected chi connectivity index (χ3v) is 6.25. The van der Waals surface area contributed by atoms with Gasteiger partial charge in [0.1, 0.15) is 5.82 Å². The normalized spacial score (nSPS) is 11.1. The van der Waals surface area contributed by atoms with Crippen LogP contribution in [0.15, 0.2) is 96.0 Å². The van der Waals surface area contributed by atoms with Crippen molar-refractivity contribution < 1.29 is 13.2 Å². The van der Waals surface area contributed by atoms with Gasteiger partial charge < -0.3 is 10.6 Å². The molecule has 0 radical (unpaired) electrons. The minimum absolute atomic E-state index is 0.0638. The summed E-state index contributed by atoms with van der Waals surface area (Å²) in [5.74, 6) is 0.318. The third kappa shape index (κ3) is 5.58. The standard InChI is InChI=1S/C24H23N5O3S/c1-18-7-9-19(10-8-18)17-25-24(30)27-20-11-13-22(14-12-20)33(31,32)28-23-15-16-26-29(23)21-5-3-2-4-6-21/h2-16,28H,17H2,1H3,(H2,25,27,30). The lowest BCUT2D eigenvalue weighted by atomic mass is 10.1. The first kappa shape index (κ1) is 22.1. The second kappa shape index (κ2) is 9.58. The van der Waals surface area contributed by atoms with Crippen molar-refractivity contribution in [3.63, 3.8) is 0 Å². The molecule has 168 valence electrons. The number of rotatable bonds is 7. The predicted octanol–water partition coefficient (Wildman–Crippen LogP) is 4.30. The number of para-hydroxylation sites is 1. The van der Waals surface area contributed by atoms with Gasteiger partial charge in [0, 0.05) is 18.3 Å². The molecule has 4 rings (SSSR count). The molecule has 8 nitrogen and oxygen atoms in total. The molecule has 1 heterocycles. The number of benzene rings is 3. The second-order valence-corrected chi connectivity index (χ2v) is 9.07. The second-order valence-electron chi connectivity index (χ2n) is 7.39. The van der Waals surface area contributed by atoms with Crippen molar-refractivity contribution in [1.29, 1.82) is 0 Å². The maximum atomic E-state index is 12.8. The van der Waals surface area contributed by atoms with Gasteiger partial charge in [-0.1, -0.05) is 48.0 Å². The maximum Gasteiger partial charge on any atom is 0.319 e. The van der Waals surface area contributed by atoms with Crippen molar-refractivity contribution in [2.24, 2.45) is 0 Å². The zero-order chi connectivity index (χ0) is 23.3.